The van der Waals surface area contributed by atoms with Gasteiger partial charge in [-0.05, 0) is 25.5 Å². The molecule has 106 valence electrons. The van der Waals surface area contributed by atoms with Gasteiger partial charge in [-0.1, -0.05) is 17.7 Å². The monoisotopic (exact) mass is 293 g/mol. The van der Waals surface area contributed by atoms with E-state index in [1.54, 1.807) is 24.3 Å². The summed E-state index contributed by atoms with van der Waals surface area (Å²) in [4.78, 5) is 16.1. The molecule has 0 bridgehead atoms. The Bertz CT molecular complexity index is 667. The lowest BCUT2D eigenvalue weighted by molar-refractivity contribution is -0.124. The van der Waals surface area contributed by atoms with Gasteiger partial charge in [0.2, 0.25) is 15.9 Å². The molecule has 20 heavy (non-hydrogen) atoms. The molecule has 0 spiro atoms. The third kappa shape index (κ3) is 2.03. The van der Waals surface area contributed by atoms with Crippen LogP contribution in [-0.2, 0) is 14.8 Å². The highest BCUT2D eigenvalue weighted by atomic mass is 32.2. The average molecular weight is 293 g/mol. The van der Waals surface area contributed by atoms with Crippen molar-refractivity contribution in [2.75, 3.05) is 6.54 Å². The maximum atomic E-state index is 12.6. The lowest BCUT2D eigenvalue weighted by atomic mass is 10.1. The zero-order valence-electron chi connectivity index (χ0n) is 11.0. The number of benzene rings is 1. The molecule has 0 radical (unpaired) electrons. The zero-order chi connectivity index (χ0) is 14.3. The van der Waals surface area contributed by atoms with Crippen molar-refractivity contribution >= 4 is 22.3 Å². The molecule has 2 aliphatic heterocycles. The van der Waals surface area contributed by atoms with Crippen molar-refractivity contribution in [3.8, 4) is 0 Å². The molecule has 1 aromatic carbocycles. The van der Waals surface area contributed by atoms with E-state index in [1.807, 2.05) is 6.92 Å². The number of aryl methyl sites for hydroxylation is 1. The van der Waals surface area contributed by atoms with E-state index in [-0.39, 0.29) is 16.7 Å². The van der Waals surface area contributed by atoms with Crippen LogP contribution in [0.1, 0.15) is 12.0 Å². The quantitative estimate of drug-likeness (QED) is 0.862. The first kappa shape index (κ1) is 13.3. The van der Waals surface area contributed by atoms with Gasteiger partial charge in [0.05, 0.1) is 17.2 Å². The molecule has 6 nitrogen and oxygen atoms in total. The fraction of sp³-hybridized carbons (Fsp3) is 0.385. The normalized spacial score (nSPS) is 26.4. The van der Waals surface area contributed by atoms with E-state index in [0.29, 0.717) is 13.0 Å². The number of nitrogens with zero attached hydrogens (tertiary/aromatic N) is 2. The summed E-state index contributed by atoms with van der Waals surface area (Å²) in [5, 5.41) is 2.52. The Morgan fingerprint density at radius 3 is 2.70 bits per heavy atom. The molecule has 7 heteroatoms. The minimum Gasteiger partial charge on any atom is -0.317 e. The fourth-order valence-electron chi connectivity index (χ4n) is 2.59. The van der Waals surface area contributed by atoms with Gasteiger partial charge in [-0.2, -0.15) is 4.31 Å². The molecule has 2 heterocycles. The van der Waals surface area contributed by atoms with Crippen molar-refractivity contribution in [2.24, 2.45) is 10.9 Å². The Morgan fingerprint density at radius 2 is 2.00 bits per heavy atom. The van der Waals surface area contributed by atoms with Crippen molar-refractivity contribution in [3.05, 3.63) is 29.8 Å². The first-order valence-corrected chi connectivity index (χ1v) is 7.85. The summed E-state index contributed by atoms with van der Waals surface area (Å²) in [6.45, 7) is 2.22. The van der Waals surface area contributed by atoms with E-state index in [1.165, 1.54) is 10.6 Å². The minimum atomic E-state index is -3.61. The maximum Gasteiger partial charge on any atom is 0.244 e. The Morgan fingerprint density at radius 1 is 1.30 bits per heavy atom. The van der Waals surface area contributed by atoms with Gasteiger partial charge in [0.1, 0.15) is 6.17 Å². The molecule has 1 aromatic rings. The molecule has 1 fully saturated rings. The second-order valence-electron chi connectivity index (χ2n) is 5.02. The van der Waals surface area contributed by atoms with Crippen LogP contribution in [0.2, 0.25) is 0 Å². The number of amides is 1. The Kier molecular flexibility index (Phi) is 3.10. The SMILES string of the molecule is Cc1ccc(S(=O)(=O)N2CCC3C(=O)NC=NC32)cc1. The van der Waals surface area contributed by atoms with E-state index >= 15 is 0 Å². The second kappa shape index (κ2) is 4.68. The Balaban J connectivity index is 1.96. The summed E-state index contributed by atoms with van der Waals surface area (Å²) in [6.07, 6.45) is 1.17. The maximum absolute atomic E-state index is 12.6. The molecule has 2 aliphatic rings. The van der Waals surface area contributed by atoms with Crippen molar-refractivity contribution in [3.63, 3.8) is 0 Å². The van der Waals surface area contributed by atoms with Crippen LogP contribution in [0.3, 0.4) is 0 Å². The largest absolute Gasteiger partial charge is 0.317 e. The van der Waals surface area contributed by atoms with E-state index in [2.05, 4.69) is 10.3 Å². The van der Waals surface area contributed by atoms with Gasteiger partial charge in [-0.3, -0.25) is 9.79 Å². The summed E-state index contributed by atoms with van der Waals surface area (Å²) in [6, 6.07) is 6.70. The number of rotatable bonds is 2. The number of hydrogen-bond acceptors (Lipinski definition) is 4. The molecule has 2 atom stereocenters. The topological polar surface area (TPSA) is 78.8 Å². The number of sulfonamides is 1. The van der Waals surface area contributed by atoms with Crippen molar-refractivity contribution < 1.29 is 13.2 Å². The average Bonchev–Trinajstić information content (AvgIpc) is 2.85. The molecule has 0 saturated carbocycles. The smallest absolute Gasteiger partial charge is 0.244 e. The summed E-state index contributed by atoms with van der Waals surface area (Å²) >= 11 is 0. The summed E-state index contributed by atoms with van der Waals surface area (Å²) in [5.74, 6) is -0.549. The molecule has 1 N–H and O–H groups in total. The summed E-state index contributed by atoms with van der Waals surface area (Å²) in [7, 11) is -3.61. The minimum absolute atomic E-state index is 0.161. The van der Waals surface area contributed by atoms with Crippen molar-refractivity contribution in [1.29, 1.82) is 0 Å². The third-order valence-electron chi connectivity index (χ3n) is 3.71. The van der Waals surface area contributed by atoms with Crippen molar-refractivity contribution in [2.45, 2.75) is 24.4 Å². The third-order valence-corrected chi connectivity index (χ3v) is 5.60. The summed E-state index contributed by atoms with van der Waals surface area (Å²) < 4.78 is 26.6. The van der Waals surface area contributed by atoms with Gasteiger partial charge in [0, 0.05) is 6.54 Å². The zero-order valence-corrected chi connectivity index (χ0v) is 11.8. The van der Waals surface area contributed by atoms with Gasteiger partial charge < -0.3 is 5.32 Å². The molecule has 1 saturated heterocycles. The highest BCUT2D eigenvalue weighted by Crippen LogP contribution is 2.32. The predicted octanol–water partition coefficient (Wildman–Crippen LogP) is 0.490. The van der Waals surface area contributed by atoms with Gasteiger partial charge >= 0.3 is 0 Å². The highest BCUT2D eigenvalue weighted by molar-refractivity contribution is 7.89. The van der Waals surface area contributed by atoms with Gasteiger partial charge in [0.25, 0.3) is 0 Å². The van der Waals surface area contributed by atoms with Crippen LogP contribution in [0.15, 0.2) is 34.2 Å². The first-order valence-electron chi connectivity index (χ1n) is 6.41. The lowest BCUT2D eigenvalue weighted by Crippen LogP contribution is -2.45. The Labute approximate surface area is 117 Å². The van der Waals surface area contributed by atoms with Crippen LogP contribution in [0.25, 0.3) is 0 Å². The first-order chi connectivity index (χ1) is 9.50. The molecule has 0 aliphatic carbocycles. The molecule has 0 aromatic heterocycles. The molecule has 3 rings (SSSR count). The van der Waals surface area contributed by atoms with E-state index < -0.39 is 16.2 Å². The molecule has 2 unspecified atom stereocenters. The number of fused-ring (bicyclic) bond motifs is 1. The summed E-state index contributed by atoms with van der Waals surface area (Å²) in [5.41, 5.74) is 0.998. The van der Waals surface area contributed by atoms with Crippen LogP contribution in [0.5, 0.6) is 0 Å². The molecular formula is C13H15N3O3S. The van der Waals surface area contributed by atoms with Crippen LogP contribution < -0.4 is 5.32 Å². The highest BCUT2D eigenvalue weighted by Gasteiger charge is 2.45. The standard InChI is InChI=1S/C13H15N3O3S/c1-9-2-4-10(5-3-9)20(18,19)16-7-6-11-12(16)14-8-15-13(11)17/h2-5,8,11-12H,6-7H2,1H3,(H,14,15,17). The number of nitrogens with one attached hydrogen (secondary N) is 1. The number of carbonyl (C=O) groups excluding carboxylic acids is 1. The van der Waals surface area contributed by atoms with Crippen LogP contribution in [0.4, 0.5) is 0 Å². The number of hydrogen-bond donors (Lipinski definition) is 1. The Hall–Kier alpha value is -1.73. The van der Waals surface area contributed by atoms with Crippen molar-refractivity contribution in [1.82, 2.24) is 9.62 Å². The fourth-order valence-corrected chi connectivity index (χ4v) is 4.17. The molecular weight excluding hydrogens is 278 g/mol. The second-order valence-corrected chi connectivity index (χ2v) is 6.91. The van der Waals surface area contributed by atoms with Gasteiger partial charge in [0.15, 0.2) is 0 Å². The van der Waals surface area contributed by atoms with E-state index in [0.717, 1.165) is 5.56 Å². The van der Waals surface area contributed by atoms with Gasteiger partial charge in [-0.15, -0.1) is 0 Å². The predicted molar refractivity (Wildman–Crippen MR) is 73.6 cm³/mol. The number of carbonyl (C=O) groups is 1. The molecule has 1 amide bonds. The van der Waals surface area contributed by atoms with Gasteiger partial charge in [-0.25, -0.2) is 8.42 Å². The number of aliphatic imine (C=N–C) groups is 1. The van der Waals surface area contributed by atoms with Crippen LogP contribution in [-0.4, -0.2) is 37.7 Å². The van der Waals surface area contributed by atoms with E-state index in [9.17, 15) is 13.2 Å². The lowest BCUT2D eigenvalue weighted by Gasteiger charge is -2.25. The van der Waals surface area contributed by atoms with Crippen LogP contribution in [0, 0.1) is 12.8 Å². The van der Waals surface area contributed by atoms with E-state index in [4.69, 9.17) is 0 Å². The van der Waals surface area contributed by atoms with Crippen LogP contribution >= 0.6 is 0 Å².